The fourth-order valence-corrected chi connectivity index (χ4v) is 3.37. The van der Waals surface area contributed by atoms with Crippen LogP contribution in [0.5, 0.6) is 5.75 Å². The van der Waals surface area contributed by atoms with E-state index in [2.05, 4.69) is 11.8 Å². The number of anilines is 1. The average molecular weight is 349 g/mol. The van der Waals surface area contributed by atoms with Crippen LogP contribution in [0.2, 0.25) is 0 Å². The van der Waals surface area contributed by atoms with Crippen molar-refractivity contribution in [3.63, 3.8) is 0 Å². The van der Waals surface area contributed by atoms with Crippen LogP contribution in [0, 0.1) is 18.8 Å². The Kier molecular flexibility index (Phi) is 5.37. The Hall–Kier alpha value is -2.77. The van der Waals surface area contributed by atoms with Crippen LogP contribution in [-0.4, -0.2) is 20.2 Å². The standard InChI is InChI=1S/C21H19NO2S/c1-16-9-3-5-11-19(16)24-14-8-7-13-22(2)18-15-21(23)25-20-12-6-4-10-17(18)20/h3-6,9-12,15H,13-14H2,1-2H3. The SMILES string of the molecule is Cc1ccccc1OCC#CCN(C)c1cc(=O)sc2ccccc12. The van der Waals surface area contributed by atoms with Crippen molar-refractivity contribution in [3.8, 4) is 17.6 Å². The molecule has 126 valence electrons. The van der Waals surface area contributed by atoms with Crippen molar-refractivity contribution >= 4 is 27.1 Å². The summed E-state index contributed by atoms with van der Waals surface area (Å²) < 4.78 is 6.72. The molecule has 0 fully saturated rings. The first-order valence-electron chi connectivity index (χ1n) is 8.03. The Morgan fingerprint density at radius 1 is 1.08 bits per heavy atom. The van der Waals surface area contributed by atoms with Gasteiger partial charge in [0, 0.05) is 23.2 Å². The van der Waals surface area contributed by atoms with E-state index in [1.807, 2.05) is 67.4 Å². The van der Waals surface area contributed by atoms with E-state index in [-0.39, 0.29) is 4.74 Å². The van der Waals surface area contributed by atoms with E-state index in [1.165, 1.54) is 11.3 Å². The summed E-state index contributed by atoms with van der Waals surface area (Å²) in [6.45, 7) is 2.90. The Labute approximate surface area is 151 Å². The summed E-state index contributed by atoms with van der Waals surface area (Å²) in [5.74, 6) is 7.00. The molecule has 2 aromatic carbocycles. The summed E-state index contributed by atoms with van der Waals surface area (Å²) in [4.78, 5) is 13.9. The average Bonchev–Trinajstić information content (AvgIpc) is 2.62. The molecule has 3 nitrogen and oxygen atoms in total. The summed E-state index contributed by atoms with van der Waals surface area (Å²) in [6.07, 6.45) is 0. The summed E-state index contributed by atoms with van der Waals surface area (Å²) in [5, 5.41) is 1.08. The zero-order valence-electron chi connectivity index (χ0n) is 14.3. The molecule has 0 saturated heterocycles. The molecule has 3 rings (SSSR count). The van der Waals surface area contributed by atoms with Crippen LogP contribution < -0.4 is 14.4 Å². The van der Waals surface area contributed by atoms with Gasteiger partial charge in [0.25, 0.3) is 0 Å². The van der Waals surface area contributed by atoms with E-state index in [1.54, 1.807) is 6.07 Å². The fraction of sp³-hybridized carbons (Fsp3) is 0.190. The van der Waals surface area contributed by atoms with Gasteiger partial charge in [0.15, 0.2) is 0 Å². The molecule has 0 unspecified atom stereocenters. The van der Waals surface area contributed by atoms with Crippen molar-refractivity contribution in [2.45, 2.75) is 6.92 Å². The first kappa shape index (κ1) is 17.1. The van der Waals surface area contributed by atoms with Gasteiger partial charge >= 0.3 is 0 Å². The third kappa shape index (κ3) is 4.20. The van der Waals surface area contributed by atoms with Gasteiger partial charge in [0.1, 0.15) is 12.4 Å². The Bertz CT molecular complexity index is 998. The largest absolute Gasteiger partial charge is 0.481 e. The van der Waals surface area contributed by atoms with Gasteiger partial charge in [-0.3, -0.25) is 4.79 Å². The van der Waals surface area contributed by atoms with Gasteiger partial charge in [-0.25, -0.2) is 0 Å². The zero-order chi connectivity index (χ0) is 17.6. The number of aryl methyl sites for hydroxylation is 1. The Balaban J connectivity index is 1.67. The van der Waals surface area contributed by atoms with Crippen molar-refractivity contribution in [3.05, 3.63) is 69.7 Å². The molecule has 0 aliphatic carbocycles. The minimum absolute atomic E-state index is 0.0522. The molecule has 0 radical (unpaired) electrons. The molecular weight excluding hydrogens is 330 g/mol. The summed E-state index contributed by atoms with van der Waals surface area (Å²) >= 11 is 1.27. The lowest BCUT2D eigenvalue weighted by atomic mass is 10.2. The summed E-state index contributed by atoms with van der Waals surface area (Å²) in [6, 6.07) is 17.5. The maximum atomic E-state index is 11.9. The molecule has 0 N–H and O–H groups in total. The van der Waals surface area contributed by atoms with Gasteiger partial charge < -0.3 is 9.64 Å². The molecular formula is C21H19NO2S. The first-order valence-corrected chi connectivity index (χ1v) is 8.85. The number of fused-ring (bicyclic) bond motifs is 1. The highest BCUT2D eigenvalue weighted by molar-refractivity contribution is 7.16. The zero-order valence-corrected chi connectivity index (χ0v) is 15.1. The lowest BCUT2D eigenvalue weighted by Crippen LogP contribution is -2.18. The van der Waals surface area contributed by atoms with Crippen molar-refractivity contribution in [1.82, 2.24) is 0 Å². The van der Waals surface area contributed by atoms with E-state index >= 15 is 0 Å². The van der Waals surface area contributed by atoms with E-state index in [0.717, 1.165) is 27.1 Å². The third-order valence-electron chi connectivity index (χ3n) is 3.87. The van der Waals surface area contributed by atoms with Crippen LogP contribution in [0.25, 0.3) is 10.1 Å². The Morgan fingerprint density at radius 2 is 1.84 bits per heavy atom. The molecule has 0 bridgehead atoms. The monoisotopic (exact) mass is 349 g/mol. The molecule has 0 saturated carbocycles. The maximum Gasteiger partial charge on any atom is 0.234 e. The first-order chi connectivity index (χ1) is 12.1. The normalized spacial score (nSPS) is 10.2. The molecule has 25 heavy (non-hydrogen) atoms. The predicted octanol–water partition coefficient (Wildman–Crippen LogP) is 4.09. The van der Waals surface area contributed by atoms with Crippen LogP contribution in [0.15, 0.2) is 59.4 Å². The van der Waals surface area contributed by atoms with Gasteiger partial charge in [0.05, 0.1) is 12.2 Å². The van der Waals surface area contributed by atoms with E-state index in [9.17, 15) is 4.79 Å². The number of para-hydroxylation sites is 1. The van der Waals surface area contributed by atoms with Crippen LogP contribution in [0.4, 0.5) is 5.69 Å². The molecule has 3 aromatic rings. The molecule has 0 spiro atoms. The van der Waals surface area contributed by atoms with E-state index in [0.29, 0.717) is 13.2 Å². The molecule has 0 amide bonds. The number of benzene rings is 2. The highest BCUT2D eigenvalue weighted by Crippen LogP contribution is 2.26. The van der Waals surface area contributed by atoms with Gasteiger partial charge in [-0.2, -0.15) is 0 Å². The minimum atomic E-state index is 0.0522. The second-order valence-corrected chi connectivity index (χ2v) is 6.76. The number of nitrogens with zero attached hydrogens (tertiary/aromatic N) is 1. The number of rotatable bonds is 4. The Morgan fingerprint density at radius 3 is 2.68 bits per heavy atom. The topological polar surface area (TPSA) is 29.5 Å². The number of ether oxygens (including phenoxy) is 1. The minimum Gasteiger partial charge on any atom is -0.481 e. The van der Waals surface area contributed by atoms with Gasteiger partial charge in [-0.15, -0.1) is 0 Å². The van der Waals surface area contributed by atoms with Gasteiger partial charge in [0.2, 0.25) is 4.74 Å². The van der Waals surface area contributed by atoms with E-state index < -0.39 is 0 Å². The third-order valence-corrected chi connectivity index (χ3v) is 4.77. The van der Waals surface area contributed by atoms with Gasteiger partial charge in [-0.1, -0.05) is 59.6 Å². The predicted molar refractivity (Wildman–Crippen MR) is 106 cm³/mol. The van der Waals surface area contributed by atoms with Crippen LogP contribution in [0.3, 0.4) is 0 Å². The quantitative estimate of drug-likeness (QED) is 0.665. The van der Waals surface area contributed by atoms with Crippen molar-refractivity contribution < 1.29 is 4.74 Å². The summed E-state index contributed by atoms with van der Waals surface area (Å²) in [7, 11) is 1.95. The summed E-state index contributed by atoms with van der Waals surface area (Å²) in [5.41, 5.74) is 2.01. The van der Waals surface area contributed by atoms with Crippen LogP contribution in [0.1, 0.15) is 5.56 Å². The van der Waals surface area contributed by atoms with Crippen molar-refractivity contribution in [2.24, 2.45) is 0 Å². The number of hydrogen-bond donors (Lipinski definition) is 0. The molecule has 0 aliphatic rings. The van der Waals surface area contributed by atoms with Crippen molar-refractivity contribution in [2.75, 3.05) is 25.1 Å². The van der Waals surface area contributed by atoms with Crippen LogP contribution >= 0.6 is 11.3 Å². The maximum absolute atomic E-state index is 11.9. The second-order valence-electron chi connectivity index (χ2n) is 5.71. The second kappa shape index (κ2) is 7.87. The lowest BCUT2D eigenvalue weighted by Gasteiger charge is -2.17. The molecule has 1 heterocycles. The molecule has 0 atom stereocenters. The molecule has 4 heteroatoms. The smallest absolute Gasteiger partial charge is 0.234 e. The molecule has 1 aromatic heterocycles. The van der Waals surface area contributed by atoms with Gasteiger partial charge in [-0.05, 0) is 24.6 Å². The highest BCUT2D eigenvalue weighted by Gasteiger charge is 2.07. The lowest BCUT2D eigenvalue weighted by molar-refractivity contribution is 0.367. The highest BCUT2D eigenvalue weighted by atomic mass is 32.1. The van der Waals surface area contributed by atoms with E-state index in [4.69, 9.17) is 4.74 Å². The molecule has 0 aliphatic heterocycles. The number of hydrogen-bond acceptors (Lipinski definition) is 4. The fourth-order valence-electron chi connectivity index (χ4n) is 2.55. The van der Waals surface area contributed by atoms with Crippen molar-refractivity contribution in [1.29, 1.82) is 0 Å². The van der Waals surface area contributed by atoms with Crippen LogP contribution in [-0.2, 0) is 0 Å².